The summed E-state index contributed by atoms with van der Waals surface area (Å²) >= 11 is 1.40. The molecule has 3 amide bonds. The number of rotatable bonds is 4. The third-order valence-corrected chi connectivity index (χ3v) is 4.77. The average molecular weight is 318 g/mol. The number of imide groups is 1. The van der Waals surface area contributed by atoms with Crippen LogP contribution in [0.25, 0.3) is 11.0 Å². The van der Waals surface area contributed by atoms with Gasteiger partial charge in [0.1, 0.15) is 0 Å². The van der Waals surface area contributed by atoms with Gasteiger partial charge in [-0.3, -0.25) is 9.69 Å². The van der Waals surface area contributed by atoms with Gasteiger partial charge in [-0.2, -0.15) is 0 Å². The van der Waals surface area contributed by atoms with Crippen LogP contribution in [0, 0.1) is 0 Å². The first-order valence-electron chi connectivity index (χ1n) is 7.33. The van der Waals surface area contributed by atoms with Crippen molar-refractivity contribution in [1.82, 2.24) is 19.8 Å². The second-order valence-electron chi connectivity index (χ2n) is 5.11. The number of thioether (sulfide) groups is 1. The first-order chi connectivity index (χ1) is 10.6. The Morgan fingerprint density at radius 2 is 2.23 bits per heavy atom. The van der Waals surface area contributed by atoms with E-state index < -0.39 is 0 Å². The Bertz CT molecular complexity index is 727. The molecule has 0 bridgehead atoms. The second kappa shape index (κ2) is 6.00. The molecule has 116 valence electrons. The van der Waals surface area contributed by atoms with Crippen molar-refractivity contribution in [3.63, 3.8) is 0 Å². The standard InChI is InChI=1S/C15H18N4O2S/c1-3-18-12-7-5-4-6-11(12)17-15(18)22-10(2)13(20)19-9-8-16-14(19)21/h4-7,10H,3,8-9H2,1-2H3,(H,16,21). The molecule has 1 N–H and O–H groups in total. The normalized spacial score (nSPS) is 16.1. The summed E-state index contributed by atoms with van der Waals surface area (Å²) in [7, 11) is 0. The van der Waals surface area contributed by atoms with Gasteiger partial charge >= 0.3 is 6.03 Å². The molecule has 0 aliphatic carbocycles. The maximum absolute atomic E-state index is 12.4. The van der Waals surface area contributed by atoms with E-state index in [0.29, 0.717) is 13.1 Å². The van der Waals surface area contributed by atoms with Crippen molar-refractivity contribution in [2.45, 2.75) is 30.8 Å². The maximum Gasteiger partial charge on any atom is 0.324 e. The minimum absolute atomic E-state index is 0.172. The van der Waals surface area contributed by atoms with Crippen LogP contribution in [-0.4, -0.2) is 44.7 Å². The summed E-state index contributed by atoms with van der Waals surface area (Å²) < 4.78 is 2.09. The molecule has 1 fully saturated rings. The van der Waals surface area contributed by atoms with Crippen molar-refractivity contribution < 1.29 is 9.59 Å². The van der Waals surface area contributed by atoms with Crippen LogP contribution < -0.4 is 5.32 Å². The van der Waals surface area contributed by atoms with Crippen molar-refractivity contribution in [3.05, 3.63) is 24.3 Å². The lowest BCUT2D eigenvalue weighted by atomic mass is 10.3. The van der Waals surface area contributed by atoms with Crippen LogP contribution in [0.5, 0.6) is 0 Å². The molecule has 0 saturated carbocycles. The highest BCUT2D eigenvalue weighted by molar-refractivity contribution is 8.00. The van der Waals surface area contributed by atoms with Crippen LogP contribution in [0.3, 0.4) is 0 Å². The number of benzene rings is 1. The number of imidazole rings is 1. The number of hydrogen-bond donors (Lipinski definition) is 1. The molecule has 1 atom stereocenters. The highest BCUT2D eigenvalue weighted by atomic mass is 32.2. The van der Waals surface area contributed by atoms with E-state index in [-0.39, 0.29) is 17.2 Å². The van der Waals surface area contributed by atoms with Gasteiger partial charge in [0.15, 0.2) is 5.16 Å². The zero-order valence-corrected chi connectivity index (χ0v) is 13.4. The Kier molecular flexibility index (Phi) is 4.06. The number of nitrogens with one attached hydrogen (secondary N) is 1. The number of amides is 3. The van der Waals surface area contributed by atoms with E-state index in [1.165, 1.54) is 16.7 Å². The van der Waals surface area contributed by atoms with Gasteiger partial charge in [-0.05, 0) is 26.0 Å². The van der Waals surface area contributed by atoms with E-state index in [0.717, 1.165) is 22.7 Å². The van der Waals surface area contributed by atoms with Crippen LogP contribution in [-0.2, 0) is 11.3 Å². The fourth-order valence-corrected chi connectivity index (χ4v) is 3.61. The van der Waals surface area contributed by atoms with Crippen molar-refractivity contribution in [3.8, 4) is 0 Å². The number of carbonyl (C=O) groups excluding carboxylic acids is 2. The third kappa shape index (κ3) is 2.56. The first kappa shape index (κ1) is 14.9. The summed E-state index contributed by atoms with van der Waals surface area (Å²) in [5.41, 5.74) is 1.98. The summed E-state index contributed by atoms with van der Waals surface area (Å²) in [5.74, 6) is -0.172. The molecule has 1 aliphatic rings. The van der Waals surface area contributed by atoms with Crippen LogP contribution in [0.2, 0.25) is 0 Å². The zero-order chi connectivity index (χ0) is 15.7. The molecule has 1 aromatic carbocycles. The van der Waals surface area contributed by atoms with Gasteiger partial charge in [-0.15, -0.1) is 0 Å². The third-order valence-electron chi connectivity index (χ3n) is 3.69. The van der Waals surface area contributed by atoms with E-state index in [1.54, 1.807) is 0 Å². The molecule has 1 saturated heterocycles. The van der Waals surface area contributed by atoms with E-state index in [1.807, 2.05) is 31.2 Å². The summed E-state index contributed by atoms with van der Waals surface area (Å²) in [4.78, 5) is 29.9. The number of nitrogens with zero attached hydrogens (tertiary/aromatic N) is 3. The summed E-state index contributed by atoms with van der Waals surface area (Å²) in [6, 6.07) is 7.62. The molecule has 0 spiro atoms. The van der Waals surface area contributed by atoms with Gasteiger partial charge in [0.05, 0.1) is 16.3 Å². The van der Waals surface area contributed by atoms with Crippen LogP contribution in [0.1, 0.15) is 13.8 Å². The van der Waals surface area contributed by atoms with Crippen molar-refractivity contribution >= 4 is 34.7 Å². The van der Waals surface area contributed by atoms with Gasteiger partial charge in [0.25, 0.3) is 0 Å². The molecule has 1 aliphatic heterocycles. The number of fused-ring (bicyclic) bond motifs is 1. The quantitative estimate of drug-likeness (QED) is 0.877. The molecular formula is C15H18N4O2S. The number of hydrogen-bond acceptors (Lipinski definition) is 4. The number of aryl methyl sites for hydroxylation is 1. The molecule has 0 radical (unpaired) electrons. The van der Waals surface area contributed by atoms with Gasteiger partial charge in [0.2, 0.25) is 5.91 Å². The average Bonchev–Trinajstić information content (AvgIpc) is 3.09. The lowest BCUT2D eigenvalue weighted by molar-refractivity contribution is -0.126. The van der Waals surface area contributed by atoms with Gasteiger partial charge < -0.3 is 9.88 Å². The monoisotopic (exact) mass is 318 g/mol. The van der Waals surface area contributed by atoms with Crippen LogP contribution in [0.4, 0.5) is 4.79 Å². The smallest absolute Gasteiger partial charge is 0.324 e. The molecule has 3 rings (SSSR count). The van der Waals surface area contributed by atoms with Crippen molar-refractivity contribution in [2.75, 3.05) is 13.1 Å². The van der Waals surface area contributed by atoms with E-state index in [2.05, 4.69) is 21.8 Å². The number of carbonyl (C=O) groups is 2. The van der Waals surface area contributed by atoms with Crippen LogP contribution >= 0.6 is 11.8 Å². The predicted molar refractivity (Wildman–Crippen MR) is 85.8 cm³/mol. The lowest BCUT2D eigenvalue weighted by Gasteiger charge is -2.17. The minimum atomic E-state index is -0.356. The number of urea groups is 1. The highest BCUT2D eigenvalue weighted by Crippen LogP contribution is 2.28. The van der Waals surface area contributed by atoms with Gasteiger partial charge in [-0.25, -0.2) is 9.78 Å². The molecule has 1 aromatic heterocycles. The van der Waals surface area contributed by atoms with Crippen molar-refractivity contribution in [2.24, 2.45) is 0 Å². The summed E-state index contributed by atoms with van der Waals surface area (Å²) in [5, 5.41) is 3.10. The fourth-order valence-electron chi connectivity index (χ4n) is 2.56. The zero-order valence-electron chi connectivity index (χ0n) is 12.6. The molecule has 7 heteroatoms. The lowest BCUT2D eigenvalue weighted by Crippen LogP contribution is -2.39. The summed E-state index contributed by atoms with van der Waals surface area (Å²) in [6.07, 6.45) is 0. The van der Waals surface area contributed by atoms with Crippen LogP contribution in [0.15, 0.2) is 29.4 Å². The van der Waals surface area contributed by atoms with Gasteiger partial charge in [-0.1, -0.05) is 23.9 Å². The Balaban J connectivity index is 1.83. The SMILES string of the molecule is CCn1c(SC(C)C(=O)N2CCNC2=O)nc2ccccc21. The molecule has 22 heavy (non-hydrogen) atoms. The Morgan fingerprint density at radius 1 is 1.45 bits per heavy atom. The topological polar surface area (TPSA) is 67.2 Å². The molecular weight excluding hydrogens is 300 g/mol. The Labute approximate surface area is 132 Å². The predicted octanol–water partition coefficient (Wildman–Crippen LogP) is 2.09. The molecule has 1 unspecified atom stereocenters. The first-order valence-corrected chi connectivity index (χ1v) is 8.21. The second-order valence-corrected chi connectivity index (χ2v) is 6.42. The largest absolute Gasteiger partial charge is 0.336 e. The van der Waals surface area contributed by atoms with Gasteiger partial charge in [0, 0.05) is 19.6 Å². The van der Waals surface area contributed by atoms with E-state index in [4.69, 9.17) is 0 Å². The summed E-state index contributed by atoms with van der Waals surface area (Å²) in [6.45, 7) is 5.62. The fraction of sp³-hybridized carbons (Fsp3) is 0.400. The number of aromatic nitrogens is 2. The number of para-hydroxylation sites is 2. The minimum Gasteiger partial charge on any atom is -0.336 e. The molecule has 6 nitrogen and oxygen atoms in total. The molecule has 2 aromatic rings. The van der Waals surface area contributed by atoms with E-state index >= 15 is 0 Å². The maximum atomic E-state index is 12.4. The highest BCUT2D eigenvalue weighted by Gasteiger charge is 2.31. The van der Waals surface area contributed by atoms with E-state index in [9.17, 15) is 9.59 Å². The van der Waals surface area contributed by atoms with Crippen molar-refractivity contribution in [1.29, 1.82) is 0 Å². The Morgan fingerprint density at radius 3 is 2.91 bits per heavy atom. The molecule has 2 heterocycles. The Hall–Kier alpha value is -2.02.